The van der Waals surface area contributed by atoms with Crippen molar-refractivity contribution in [3.8, 4) is 0 Å². The molecule has 0 aliphatic carbocycles. The number of cyclic esters (lactones) is 1. The van der Waals surface area contributed by atoms with Gasteiger partial charge in [0.15, 0.2) is 0 Å². The number of nitrogens with one attached hydrogen (secondary N) is 1. The van der Waals surface area contributed by atoms with Crippen molar-refractivity contribution in [1.29, 1.82) is 0 Å². The molecule has 5 heteroatoms. The molecule has 0 aromatic heterocycles. The summed E-state index contributed by atoms with van der Waals surface area (Å²) >= 11 is 2.25. The fourth-order valence-electron chi connectivity index (χ4n) is 1.31. The summed E-state index contributed by atoms with van der Waals surface area (Å²) in [6.07, 6.45) is -0.329. The van der Waals surface area contributed by atoms with Gasteiger partial charge in [0.05, 0.1) is 6.04 Å². The average Bonchev–Trinajstić information content (AvgIpc) is 2.53. The summed E-state index contributed by atoms with van der Waals surface area (Å²) in [6.45, 7) is 0.429. The van der Waals surface area contributed by atoms with Crippen molar-refractivity contribution in [3.05, 3.63) is 33.4 Å². The number of alkyl carbamates (subject to hydrolysis) is 1. The van der Waals surface area contributed by atoms with Crippen LogP contribution in [0.2, 0.25) is 0 Å². The lowest BCUT2D eigenvalue weighted by atomic mass is 10.1. The molecule has 1 heterocycles. The molecule has 0 spiro atoms. The maximum Gasteiger partial charge on any atom is 0.407 e. The Kier molecular flexibility index (Phi) is 4.00. The van der Waals surface area contributed by atoms with E-state index in [1.165, 1.54) is 0 Å². The first kappa shape index (κ1) is 11.6. The minimum atomic E-state index is -0.329. The second kappa shape index (κ2) is 4.84. The molecule has 0 unspecified atom stereocenters. The number of benzene rings is 1. The third-order valence-corrected chi connectivity index (χ3v) is 2.94. The molecular weight excluding hydrogens is 316 g/mol. The first-order chi connectivity index (χ1) is 6.27. The van der Waals surface area contributed by atoms with Crippen LogP contribution in [0.1, 0.15) is 11.6 Å². The Bertz CT molecular complexity index is 345. The maximum absolute atomic E-state index is 10.8. The normalized spacial score (nSPS) is 19.5. The van der Waals surface area contributed by atoms with E-state index in [-0.39, 0.29) is 24.5 Å². The molecule has 1 fully saturated rings. The Balaban J connectivity index is 0.000000980. The number of rotatable bonds is 1. The smallest absolute Gasteiger partial charge is 0.407 e. The van der Waals surface area contributed by atoms with Crippen LogP contribution in [0.25, 0.3) is 0 Å². The molecule has 0 bridgehead atoms. The molecule has 1 N–H and O–H groups in total. The van der Waals surface area contributed by atoms with Crippen molar-refractivity contribution < 1.29 is 9.53 Å². The van der Waals surface area contributed by atoms with Gasteiger partial charge in [0.1, 0.15) is 6.61 Å². The number of ether oxygens (including phenoxy) is 1. The lowest BCUT2D eigenvalue weighted by molar-refractivity contribution is 0.177. The Morgan fingerprint density at radius 2 is 2.14 bits per heavy atom. The van der Waals surface area contributed by atoms with Gasteiger partial charge in [0, 0.05) is 3.57 Å². The lowest BCUT2D eigenvalue weighted by Gasteiger charge is -2.08. The highest BCUT2D eigenvalue weighted by Gasteiger charge is 2.24. The van der Waals surface area contributed by atoms with Crippen molar-refractivity contribution in [2.75, 3.05) is 6.61 Å². The highest BCUT2D eigenvalue weighted by Crippen LogP contribution is 2.22. The van der Waals surface area contributed by atoms with Crippen molar-refractivity contribution >= 4 is 41.1 Å². The largest absolute Gasteiger partial charge is 0.447 e. The van der Waals surface area contributed by atoms with Crippen LogP contribution in [0.15, 0.2) is 24.3 Å². The topological polar surface area (TPSA) is 38.3 Å². The van der Waals surface area contributed by atoms with Gasteiger partial charge in [-0.05, 0) is 34.2 Å². The zero-order valence-corrected chi connectivity index (χ0v) is 10.2. The van der Waals surface area contributed by atoms with Gasteiger partial charge in [-0.25, -0.2) is 4.79 Å². The summed E-state index contributed by atoms with van der Waals surface area (Å²) < 4.78 is 5.97. The summed E-state index contributed by atoms with van der Waals surface area (Å²) in [6, 6.07) is 7.97. The number of amides is 1. The summed E-state index contributed by atoms with van der Waals surface area (Å²) in [4.78, 5) is 10.8. The molecule has 1 atom stereocenters. The van der Waals surface area contributed by atoms with Gasteiger partial charge in [0.2, 0.25) is 0 Å². The van der Waals surface area contributed by atoms with E-state index in [0.717, 1.165) is 9.13 Å². The van der Waals surface area contributed by atoms with E-state index < -0.39 is 0 Å². The number of halogens is 2. The molecule has 0 saturated carbocycles. The van der Waals surface area contributed by atoms with Crippen LogP contribution in [0.3, 0.4) is 0 Å². The van der Waals surface area contributed by atoms with Gasteiger partial charge >= 0.3 is 6.09 Å². The van der Waals surface area contributed by atoms with Gasteiger partial charge in [-0.15, -0.1) is 12.4 Å². The summed E-state index contributed by atoms with van der Waals surface area (Å²) in [5.41, 5.74) is 1.12. The first-order valence-corrected chi connectivity index (χ1v) is 5.03. The molecule has 76 valence electrons. The zero-order valence-electron chi connectivity index (χ0n) is 7.20. The second-order valence-corrected chi connectivity index (χ2v) is 3.98. The van der Waals surface area contributed by atoms with Crippen LogP contribution in [0.5, 0.6) is 0 Å². The molecule has 1 aromatic rings. The molecule has 1 aromatic carbocycles. The first-order valence-electron chi connectivity index (χ1n) is 3.95. The van der Waals surface area contributed by atoms with E-state index in [0.29, 0.717) is 6.61 Å². The third kappa shape index (κ3) is 2.30. The minimum Gasteiger partial charge on any atom is -0.447 e. The van der Waals surface area contributed by atoms with Crippen LogP contribution in [-0.2, 0) is 4.74 Å². The molecule has 0 radical (unpaired) electrons. The predicted molar refractivity (Wildman–Crippen MR) is 63.6 cm³/mol. The van der Waals surface area contributed by atoms with Crippen LogP contribution in [0, 0.1) is 3.57 Å². The average molecular weight is 326 g/mol. The lowest BCUT2D eigenvalue weighted by Crippen LogP contribution is -2.18. The second-order valence-electron chi connectivity index (χ2n) is 2.82. The van der Waals surface area contributed by atoms with Crippen molar-refractivity contribution in [3.63, 3.8) is 0 Å². The van der Waals surface area contributed by atoms with Crippen LogP contribution >= 0.6 is 35.0 Å². The van der Waals surface area contributed by atoms with E-state index >= 15 is 0 Å². The maximum atomic E-state index is 10.8. The van der Waals surface area contributed by atoms with E-state index in [4.69, 9.17) is 4.74 Å². The standard InChI is InChI=1S/C9H8INO2.ClH/c10-7-4-2-1-3-6(7)8-5-13-9(12)11-8;/h1-4,8H,5H2,(H,11,12);1H/t8-;/m1./s1. The van der Waals surface area contributed by atoms with E-state index in [1.54, 1.807) is 0 Å². The Labute approximate surface area is 102 Å². The Hall–Kier alpha value is -0.490. The van der Waals surface area contributed by atoms with Crippen molar-refractivity contribution in [1.82, 2.24) is 5.32 Å². The van der Waals surface area contributed by atoms with E-state index in [9.17, 15) is 4.79 Å². The fourth-order valence-corrected chi connectivity index (χ4v) is 2.07. The van der Waals surface area contributed by atoms with Crippen molar-refractivity contribution in [2.45, 2.75) is 6.04 Å². The van der Waals surface area contributed by atoms with Gasteiger partial charge in [-0.1, -0.05) is 18.2 Å². The number of hydrogen-bond donors (Lipinski definition) is 1. The molecule has 3 nitrogen and oxygen atoms in total. The Morgan fingerprint density at radius 1 is 1.43 bits per heavy atom. The zero-order chi connectivity index (χ0) is 9.26. The van der Waals surface area contributed by atoms with Crippen molar-refractivity contribution in [2.24, 2.45) is 0 Å². The summed E-state index contributed by atoms with van der Waals surface area (Å²) in [5, 5.41) is 2.75. The van der Waals surface area contributed by atoms with Gasteiger partial charge in [0.25, 0.3) is 0 Å². The van der Waals surface area contributed by atoms with Gasteiger partial charge < -0.3 is 10.1 Å². The number of carbonyl (C=O) groups excluding carboxylic acids is 1. The molecular formula is C9H9ClINO2. The quantitative estimate of drug-likeness (QED) is 0.806. The fraction of sp³-hybridized carbons (Fsp3) is 0.222. The van der Waals surface area contributed by atoms with Gasteiger partial charge in [-0.2, -0.15) is 0 Å². The number of carbonyl (C=O) groups is 1. The van der Waals surface area contributed by atoms with E-state index in [2.05, 4.69) is 27.9 Å². The van der Waals surface area contributed by atoms with Crippen LogP contribution in [0.4, 0.5) is 4.79 Å². The SMILES string of the molecule is Cl.O=C1N[C@@H](c2ccccc2I)CO1. The van der Waals surface area contributed by atoms with Crippen LogP contribution in [-0.4, -0.2) is 12.7 Å². The third-order valence-electron chi connectivity index (χ3n) is 1.95. The monoisotopic (exact) mass is 325 g/mol. The number of hydrogen-bond acceptors (Lipinski definition) is 2. The minimum absolute atomic E-state index is 0. The van der Waals surface area contributed by atoms with Crippen LogP contribution < -0.4 is 5.32 Å². The molecule has 14 heavy (non-hydrogen) atoms. The molecule has 1 aliphatic rings. The highest BCUT2D eigenvalue weighted by molar-refractivity contribution is 14.1. The molecule has 1 amide bonds. The highest BCUT2D eigenvalue weighted by atomic mass is 127. The van der Waals surface area contributed by atoms with E-state index in [1.807, 2.05) is 24.3 Å². The predicted octanol–water partition coefficient (Wildman–Crippen LogP) is 2.49. The molecule has 2 rings (SSSR count). The summed E-state index contributed by atoms with van der Waals surface area (Å²) in [7, 11) is 0. The molecule has 1 saturated heterocycles. The van der Waals surface area contributed by atoms with Gasteiger partial charge in [-0.3, -0.25) is 0 Å². The Morgan fingerprint density at radius 3 is 2.71 bits per heavy atom. The summed E-state index contributed by atoms with van der Waals surface area (Å²) in [5.74, 6) is 0. The molecule has 1 aliphatic heterocycles.